The molecule has 5 heteroatoms. The summed E-state index contributed by atoms with van der Waals surface area (Å²) in [6, 6.07) is 0. The molecule has 0 aliphatic carbocycles. The van der Waals surface area contributed by atoms with E-state index in [0.717, 1.165) is 0 Å². The molecule has 0 amide bonds. The fourth-order valence-electron chi connectivity index (χ4n) is 0. The summed E-state index contributed by atoms with van der Waals surface area (Å²) in [5.74, 6) is -0.968. The number of rotatable bonds is 1. The zero-order chi connectivity index (χ0) is 4.28. The molecule has 0 spiro atoms. The van der Waals surface area contributed by atoms with Crippen molar-refractivity contribution >= 4 is 5.97 Å². The Hall–Kier alpha value is 0.469. The topological polar surface area (TPSA) is 63.3 Å². The number of carbonyl (C=O) groups is 1. The number of hydrogen-bond acceptors (Lipinski definition) is 2. The van der Waals surface area contributed by atoms with Crippen LogP contribution >= 0.6 is 0 Å². The van der Waals surface area contributed by atoms with E-state index < -0.39 is 5.97 Å². The van der Waals surface area contributed by atoms with Gasteiger partial charge in [-0.25, -0.2) is 0 Å². The molecule has 0 heterocycles. The summed E-state index contributed by atoms with van der Waals surface area (Å²) in [5.41, 5.74) is 4.57. The Morgan fingerprint density at radius 2 is 1.86 bits per heavy atom. The molecular weight excluding hydrogens is 189 g/mol. The van der Waals surface area contributed by atoms with E-state index in [1.807, 2.05) is 0 Å². The average molecular weight is 194 g/mol. The van der Waals surface area contributed by atoms with Crippen molar-refractivity contribution in [3.8, 4) is 0 Å². The third-order valence-electron chi connectivity index (χ3n) is 0.175. The zero-order valence-electron chi connectivity index (χ0n) is 3.29. The molecule has 3 N–H and O–H groups in total. The van der Waals surface area contributed by atoms with Crippen LogP contribution in [0.5, 0.6) is 0 Å². The molecule has 0 atom stereocenters. The number of carboxylic acids is 1. The van der Waals surface area contributed by atoms with Gasteiger partial charge in [-0.05, 0) is 0 Å². The van der Waals surface area contributed by atoms with Gasteiger partial charge in [-0.2, -0.15) is 0 Å². The molecule has 0 aliphatic rings. The minimum atomic E-state index is -0.968. The number of aliphatic carboxylic acids is 1. The Morgan fingerprint density at radius 3 is 1.86 bits per heavy atom. The molecule has 0 aromatic carbocycles. The molecule has 0 unspecified atom stereocenters. The van der Waals surface area contributed by atoms with E-state index in [1.54, 1.807) is 0 Å². The first kappa shape index (κ1) is 15.7. The second-order valence-corrected chi connectivity index (χ2v) is 0.598. The van der Waals surface area contributed by atoms with Crippen LogP contribution in [-0.4, -0.2) is 17.6 Å². The van der Waals surface area contributed by atoms with Crippen molar-refractivity contribution in [2.24, 2.45) is 5.73 Å². The first-order valence-corrected chi connectivity index (χ1v) is 1.19. The maximum atomic E-state index is 9.24. The monoisotopic (exact) mass is 194 g/mol. The summed E-state index contributed by atoms with van der Waals surface area (Å²) < 4.78 is 0. The van der Waals surface area contributed by atoms with E-state index in [-0.39, 0.29) is 40.7 Å². The fraction of sp³-hybridized carbons (Fsp3) is 0.500. The van der Waals surface area contributed by atoms with Gasteiger partial charge in [-0.1, -0.05) is 0 Å². The zero-order valence-corrected chi connectivity index (χ0v) is 5.34. The van der Waals surface area contributed by atoms with Crippen LogP contribution in [0.2, 0.25) is 0 Å². The molecule has 0 saturated carbocycles. The minimum absolute atomic E-state index is 0. The first-order chi connectivity index (χ1) is 2.27. The Labute approximate surface area is 62.6 Å². The largest absolute Gasteiger partial charge is 0.480 e. The van der Waals surface area contributed by atoms with Crippen molar-refractivity contribution in [3.05, 3.63) is 0 Å². The van der Waals surface area contributed by atoms with Crippen LogP contribution in [0.4, 0.5) is 0 Å². The molecule has 0 rings (SSSR count). The molecule has 7 heavy (non-hydrogen) atoms. The van der Waals surface area contributed by atoms with E-state index in [0.29, 0.717) is 0 Å². The van der Waals surface area contributed by atoms with Gasteiger partial charge in [0.05, 0.1) is 6.54 Å². The van der Waals surface area contributed by atoms with Crippen LogP contribution in [0.1, 0.15) is 0 Å². The Bertz CT molecular complexity index is 51.0. The van der Waals surface area contributed by atoms with Gasteiger partial charge in [0, 0.05) is 34.1 Å². The molecule has 0 fully saturated rings. The summed E-state index contributed by atoms with van der Waals surface area (Å²) in [7, 11) is 0. The van der Waals surface area contributed by atoms with Crippen LogP contribution < -0.4 is 5.73 Å². The van der Waals surface area contributed by atoms with E-state index in [4.69, 9.17) is 5.11 Å². The number of nitrogens with two attached hydrogens (primary N) is 1. The van der Waals surface area contributed by atoms with Crippen LogP contribution in [0.25, 0.3) is 0 Å². The van der Waals surface area contributed by atoms with Crippen LogP contribution in [0.3, 0.4) is 0 Å². The smallest absolute Gasteiger partial charge is 0.317 e. The predicted molar refractivity (Wildman–Crippen MR) is 16.7 cm³/mol. The van der Waals surface area contributed by atoms with E-state index in [1.165, 1.54) is 0 Å². The van der Waals surface area contributed by atoms with Gasteiger partial charge in [-0.3, -0.25) is 4.79 Å². The molecule has 3 nitrogen and oxygen atoms in total. The second kappa shape index (κ2) is 9.69. The number of carboxylic acid groups (broad SMARTS) is 1. The van der Waals surface area contributed by atoms with Crippen molar-refractivity contribution in [1.29, 1.82) is 0 Å². The minimum Gasteiger partial charge on any atom is -0.480 e. The van der Waals surface area contributed by atoms with Gasteiger partial charge in [-0.15, -0.1) is 0 Å². The van der Waals surface area contributed by atoms with Crippen molar-refractivity contribution in [2.45, 2.75) is 0 Å². The summed E-state index contributed by atoms with van der Waals surface area (Å²) in [6.07, 6.45) is 0. The third-order valence-corrected chi connectivity index (χ3v) is 0.175. The Balaban J connectivity index is -0.0000000800. The standard InChI is InChI=1S/C2H5NO2.Cu.Fe/c3-1-2(4)5;;/h1,3H2,(H,4,5);;. The second-order valence-electron chi connectivity index (χ2n) is 0.598. The van der Waals surface area contributed by atoms with Gasteiger partial charge in [0.2, 0.25) is 0 Å². The third kappa shape index (κ3) is 21.2. The molecule has 0 aromatic heterocycles. The van der Waals surface area contributed by atoms with Crippen molar-refractivity contribution in [1.82, 2.24) is 0 Å². The summed E-state index contributed by atoms with van der Waals surface area (Å²) in [6.45, 7) is -0.278. The number of hydrogen-bond donors (Lipinski definition) is 2. The summed E-state index contributed by atoms with van der Waals surface area (Å²) in [5, 5.41) is 7.60. The first-order valence-electron chi connectivity index (χ1n) is 1.19. The Kier molecular flexibility index (Phi) is 21.7. The average Bonchev–Trinajstić information content (AvgIpc) is 1.38. The molecular formula is C2H5CuFeNO2. The van der Waals surface area contributed by atoms with Crippen LogP contribution in [0.15, 0.2) is 0 Å². The molecule has 0 aromatic rings. The fourth-order valence-corrected chi connectivity index (χ4v) is 0. The van der Waals surface area contributed by atoms with Crippen molar-refractivity contribution < 1.29 is 44.0 Å². The molecule has 0 aliphatic heterocycles. The normalized spacial score (nSPS) is 5.29. The van der Waals surface area contributed by atoms with E-state index >= 15 is 0 Å². The Morgan fingerprint density at radius 1 is 1.71 bits per heavy atom. The van der Waals surface area contributed by atoms with E-state index in [9.17, 15) is 4.79 Å². The summed E-state index contributed by atoms with van der Waals surface area (Å²) in [4.78, 5) is 9.24. The molecule has 1 radical (unpaired) electrons. The van der Waals surface area contributed by atoms with Gasteiger partial charge in [0.25, 0.3) is 0 Å². The maximum Gasteiger partial charge on any atom is 0.317 e. The molecule has 0 saturated heterocycles. The van der Waals surface area contributed by atoms with Crippen molar-refractivity contribution in [2.75, 3.05) is 6.54 Å². The molecule has 49 valence electrons. The van der Waals surface area contributed by atoms with Crippen molar-refractivity contribution in [3.63, 3.8) is 0 Å². The van der Waals surface area contributed by atoms with Gasteiger partial charge in [0.15, 0.2) is 0 Å². The van der Waals surface area contributed by atoms with Gasteiger partial charge in [0.1, 0.15) is 0 Å². The maximum absolute atomic E-state index is 9.24. The van der Waals surface area contributed by atoms with Crippen LogP contribution in [-0.2, 0) is 38.9 Å². The SMILES string of the molecule is NCC(=O)O.[Cu].[Fe]. The quantitative estimate of drug-likeness (QED) is 0.528. The summed E-state index contributed by atoms with van der Waals surface area (Å²) >= 11 is 0. The van der Waals surface area contributed by atoms with E-state index in [2.05, 4.69) is 5.73 Å². The van der Waals surface area contributed by atoms with Gasteiger partial charge >= 0.3 is 5.97 Å². The van der Waals surface area contributed by atoms with Gasteiger partial charge < -0.3 is 10.8 Å². The van der Waals surface area contributed by atoms with Crippen LogP contribution in [0, 0.1) is 0 Å². The predicted octanol–water partition coefficient (Wildman–Crippen LogP) is -0.975. The molecule has 0 bridgehead atoms.